The topological polar surface area (TPSA) is 79.1 Å². The van der Waals surface area contributed by atoms with Crippen molar-refractivity contribution in [1.29, 1.82) is 0 Å². The number of para-hydroxylation sites is 1. The zero-order valence-electron chi connectivity index (χ0n) is 19.6. The number of hydrogen-bond acceptors (Lipinski definition) is 8. The molecule has 0 aliphatic carbocycles. The predicted molar refractivity (Wildman–Crippen MR) is 131 cm³/mol. The maximum absolute atomic E-state index is 5.97. The van der Waals surface area contributed by atoms with Crippen LogP contribution in [0.5, 0.6) is 23.0 Å². The van der Waals surface area contributed by atoms with E-state index in [1.54, 1.807) is 7.11 Å². The highest BCUT2D eigenvalue weighted by Crippen LogP contribution is 2.33. The average Bonchev–Trinajstić information content (AvgIpc) is 3.41. The molecule has 180 valence electrons. The molecule has 3 aromatic carbocycles. The summed E-state index contributed by atoms with van der Waals surface area (Å²) in [4.78, 5) is 6.88. The third-order valence-corrected chi connectivity index (χ3v) is 5.70. The van der Waals surface area contributed by atoms with Crippen LogP contribution < -0.4 is 14.2 Å². The summed E-state index contributed by atoms with van der Waals surface area (Å²) in [6.45, 7) is 4.83. The first-order chi connectivity index (χ1) is 17.3. The van der Waals surface area contributed by atoms with Crippen LogP contribution in [0.2, 0.25) is 0 Å². The van der Waals surface area contributed by atoms with E-state index in [4.69, 9.17) is 23.5 Å². The summed E-state index contributed by atoms with van der Waals surface area (Å²) in [7, 11) is 1.62. The first kappa shape index (κ1) is 22.9. The van der Waals surface area contributed by atoms with Gasteiger partial charge in [-0.3, -0.25) is 4.90 Å². The van der Waals surface area contributed by atoms with Crippen LogP contribution in [-0.4, -0.2) is 61.6 Å². The Kier molecular flexibility index (Phi) is 7.21. The second-order valence-electron chi connectivity index (χ2n) is 8.03. The van der Waals surface area contributed by atoms with Gasteiger partial charge in [0.15, 0.2) is 11.5 Å². The van der Waals surface area contributed by atoms with Gasteiger partial charge in [-0.25, -0.2) is 0 Å². The Bertz CT molecular complexity index is 1220. The van der Waals surface area contributed by atoms with Crippen molar-refractivity contribution >= 4 is 0 Å². The van der Waals surface area contributed by atoms with E-state index in [0.717, 1.165) is 55.5 Å². The van der Waals surface area contributed by atoms with E-state index in [9.17, 15) is 0 Å². The van der Waals surface area contributed by atoms with E-state index < -0.39 is 0 Å². The summed E-state index contributed by atoms with van der Waals surface area (Å²) in [5, 5.41) is 4.15. The lowest BCUT2D eigenvalue weighted by Gasteiger charge is -2.26. The third-order valence-electron chi connectivity index (χ3n) is 5.70. The largest absolute Gasteiger partial charge is 0.493 e. The highest BCUT2D eigenvalue weighted by atomic mass is 16.5. The second-order valence-corrected chi connectivity index (χ2v) is 8.03. The number of ether oxygens (including phenoxy) is 4. The summed E-state index contributed by atoms with van der Waals surface area (Å²) in [5.41, 5.74) is 1.58. The van der Waals surface area contributed by atoms with Gasteiger partial charge in [0.2, 0.25) is 5.82 Å². The number of benzene rings is 3. The first-order valence-electron chi connectivity index (χ1n) is 11.6. The Hall–Kier alpha value is -3.88. The molecule has 8 nitrogen and oxygen atoms in total. The van der Waals surface area contributed by atoms with Crippen molar-refractivity contribution in [2.45, 2.75) is 0 Å². The monoisotopic (exact) mass is 473 g/mol. The molecule has 35 heavy (non-hydrogen) atoms. The molecule has 0 radical (unpaired) electrons. The lowest BCUT2D eigenvalue weighted by atomic mass is 10.2. The maximum atomic E-state index is 5.97. The zero-order valence-corrected chi connectivity index (χ0v) is 19.6. The molecule has 5 rings (SSSR count). The molecule has 1 aliphatic heterocycles. The minimum Gasteiger partial charge on any atom is -0.493 e. The summed E-state index contributed by atoms with van der Waals surface area (Å²) < 4.78 is 28.2. The summed E-state index contributed by atoms with van der Waals surface area (Å²) in [6.07, 6.45) is 0. The standard InChI is InChI=1S/C27H27N3O5/c1-31-25-19-21(9-12-24(25)33-18-15-30-13-16-32-17-14-30)26-28-27(35-29-26)20-7-10-23(11-8-20)34-22-5-3-2-4-6-22/h2-12,19H,13-18H2,1H3. The van der Waals surface area contributed by atoms with Gasteiger partial charge < -0.3 is 23.5 Å². The highest BCUT2D eigenvalue weighted by Gasteiger charge is 2.15. The van der Waals surface area contributed by atoms with Gasteiger partial charge in [0.25, 0.3) is 5.89 Å². The molecule has 0 saturated carbocycles. The van der Waals surface area contributed by atoms with Crippen LogP contribution in [0.4, 0.5) is 0 Å². The van der Waals surface area contributed by atoms with E-state index in [0.29, 0.717) is 29.8 Å². The fraction of sp³-hybridized carbons (Fsp3) is 0.259. The van der Waals surface area contributed by atoms with Crippen LogP contribution in [0.3, 0.4) is 0 Å². The summed E-state index contributed by atoms with van der Waals surface area (Å²) >= 11 is 0. The molecule has 0 bridgehead atoms. The fourth-order valence-corrected chi connectivity index (χ4v) is 3.78. The van der Waals surface area contributed by atoms with Crippen LogP contribution in [-0.2, 0) is 4.74 Å². The van der Waals surface area contributed by atoms with E-state index in [1.807, 2.05) is 72.8 Å². The molecule has 4 aromatic rings. The third kappa shape index (κ3) is 5.79. The van der Waals surface area contributed by atoms with E-state index in [-0.39, 0.29) is 0 Å². The van der Waals surface area contributed by atoms with Crippen LogP contribution >= 0.6 is 0 Å². The Morgan fingerprint density at radius 3 is 2.37 bits per heavy atom. The van der Waals surface area contributed by atoms with E-state index in [2.05, 4.69) is 15.0 Å². The minimum atomic E-state index is 0.427. The highest BCUT2D eigenvalue weighted by molar-refractivity contribution is 5.63. The maximum Gasteiger partial charge on any atom is 0.258 e. The van der Waals surface area contributed by atoms with Crippen molar-refractivity contribution in [2.75, 3.05) is 46.6 Å². The number of nitrogens with zero attached hydrogens (tertiary/aromatic N) is 3. The molecule has 1 aliphatic rings. The quantitative estimate of drug-likeness (QED) is 0.339. The van der Waals surface area contributed by atoms with E-state index in [1.165, 1.54) is 0 Å². The Labute approximate surface area is 204 Å². The molecule has 8 heteroatoms. The molecule has 0 atom stereocenters. The zero-order chi connectivity index (χ0) is 23.9. The van der Waals surface area contributed by atoms with Crippen LogP contribution in [0.1, 0.15) is 0 Å². The predicted octanol–water partition coefficient (Wildman–Crippen LogP) is 4.92. The molecule has 1 fully saturated rings. The van der Waals surface area contributed by atoms with Crippen molar-refractivity contribution in [2.24, 2.45) is 0 Å². The Morgan fingerprint density at radius 1 is 0.857 bits per heavy atom. The van der Waals surface area contributed by atoms with Crippen LogP contribution in [0.15, 0.2) is 77.3 Å². The van der Waals surface area contributed by atoms with Gasteiger partial charge in [-0.1, -0.05) is 23.4 Å². The minimum absolute atomic E-state index is 0.427. The van der Waals surface area contributed by atoms with Gasteiger partial charge in [0, 0.05) is 30.8 Å². The van der Waals surface area contributed by atoms with Gasteiger partial charge in [0.1, 0.15) is 18.1 Å². The van der Waals surface area contributed by atoms with Crippen molar-refractivity contribution in [3.05, 3.63) is 72.8 Å². The van der Waals surface area contributed by atoms with Gasteiger partial charge in [-0.05, 0) is 54.6 Å². The molecule has 0 unspecified atom stereocenters. The molecular formula is C27H27N3O5. The molecule has 1 aromatic heterocycles. The first-order valence-corrected chi connectivity index (χ1v) is 11.6. The van der Waals surface area contributed by atoms with Gasteiger partial charge in [-0.15, -0.1) is 0 Å². The van der Waals surface area contributed by atoms with Crippen molar-refractivity contribution in [3.63, 3.8) is 0 Å². The van der Waals surface area contributed by atoms with Crippen molar-refractivity contribution in [1.82, 2.24) is 15.0 Å². The number of morpholine rings is 1. The van der Waals surface area contributed by atoms with Gasteiger partial charge >= 0.3 is 0 Å². The van der Waals surface area contributed by atoms with Crippen molar-refractivity contribution in [3.8, 4) is 45.8 Å². The van der Waals surface area contributed by atoms with Crippen molar-refractivity contribution < 1.29 is 23.5 Å². The molecule has 0 spiro atoms. The molecule has 2 heterocycles. The van der Waals surface area contributed by atoms with Gasteiger partial charge in [0.05, 0.1) is 20.3 Å². The van der Waals surface area contributed by atoms with Crippen LogP contribution in [0.25, 0.3) is 22.8 Å². The SMILES string of the molecule is COc1cc(-c2noc(-c3ccc(Oc4ccccc4)cc3)n2)ccc1OCCN1CCOCC1. The van der Waals surface area contributed by atoms with E-state index >= 15 is 0 Å². The number of rotatable bonds is 9. The number of aromatic nitrogens is 2. The average molecular weight is 474 g/mol. The number of methoxy groups -OCH3 is 1. The lowest BCUT2D eigenvalue weighted by Crippen LogP contribution is -2.38. The smallest absolute Gasteiger partial charge is 0.258 e. The summed E-state index contributed by atoms with van der Waals surface area (Å²) in [5.74, 6) is 3.72. The molecule has 0 N–H and O–H groups in total. The molecular weight excluding hydrogens is 446 g/mol. The Morgan fingerprint density at radius 2 is 1.60 bits per heavy atom. The van der Waals surface area contributed by atoms with Gasteiger partial charge in [-0.2, -0.15) is 4.98 Å². The normalized spacial score (nSPS) is 14.0. The number of hydrogen-bond donors (Lipinski definition) is 0. The molecule has 0 amide bonds. The molecule has 1 saturated heterocycles. The summed E-state index contributed by atoms with van der Waals surface area (Å²) in [6, 6.07) is 22.8. The fourth-order valence-electron chi connectivity index (χ4n) is 3.78. The lowest BCUT2D eigenvalue weighted by molar-refractivity contribution is 0.0321. The van der Waals surface area contributed by atoms with Crippen LogP contribution in [0, 0.1) is 0 Å². The second kappa shape index (κ2) is 11.0. The Balaban J connectivity index is 1.23.